The van der Waals surface area contributed by atoms with Crippen LogP contribution in [0.15, 0.2) is 24.3 Å². The molecule has 7 heteroatoms. The normalized spacial score (nSPS) is 21.9. The van der Waals surface area contributed by atoms with Crippen LogP contribution < -0.4 is 10.2 Å². The Morgan fingerprint density at radius 1 is 1.10 bits per heavy atom. The van der Waals surface area contributed by atoms with Crippen molar-refractivity contribution < 1.29 is 19.5 Å². The molecule has 3 rings (SSSR count). The summed E-state index contributed by atoms with van der Waals surface area (Å²) in [4.78, 5) is 39.7. The smallest absolute Gasteiger partial charge is 0.303 e. The first-order chi connectivity index (χ1) is 13.9. The molecule has 2 saturated heterocycles. The number of rotatable bonds is 8. The molecule has 0 saturated carbocycles. The number of aliphatic carboxylic acids is 1. The van der Waals surface area contributed by atoms with Crippen molar-refractivity contribution in [2.75, 3.05) is 31.1 Å². The maximum Gasteiger partial charge on any atom is 0.303 e. The van der Waals surface area contributed by atoms with Gasteiger partial charge >= 0.3 is 5.97 Å². The molecule has 2 amide bonds. The number of hydrogen-bond donors (Lipinski definition) is 2. The highest BCUT2D eigenvalue weighted by atomic mass is 16.4. The van der Waals surface area contributed by atoms with Crippen LogP contribution in [0, 0.1) is 0 Å². The Hall–Kier alpha value is -2.57. The van der Waals surface area contributed by atoms with Gasteiger partial charge in [-0.15, -0.1) is 0 Å². The second kappa shape index (κ2) is 9.29. The average Bonchev–Trinajstić information content (AvgIpc) is 3.12. The van der Waals surface area contributed by atoms with Crippen LogP contribution in [0.3, 0.4) is 0 Å². The van der Waals surface area contributed by atoms with Gasteiger partial charge in [0.2, 0.25) is 11.8 Å². The number of carbonyl (C=O) groups excluding carboxylic acids is 2. The van der Waals surface area contributed by atoms with Gasteiger partial charge in [-0.2, -0.15) is 0 Å². The van der Waals surface area contributed by atoms with E-state index in [1.54, 1.807) is 0 Å². The second-order valence-electron chi connectivity index (χ2n) is 8.07. The van der Waals surface area contributed by atoms with Gasteiger partial charge < -0.3 is 20.2 Å². The minimum Gasteiger partial charge on any atom is -0.481 e. The zero-order chi connectivity index (χ0) is 20.9. The topological polar surface area (TPSA) is 90.0 Å². The summed E-state index contributed by atoms with van der Waals surface area (Å²) >= 11 is 0. The monoisotopic (exact) mass is 401 g/mol. The van der Waals surface area contributed by atoms with Crippen LogP contribution in [-0.4, -0.2) is 59.5 Å². The van der Waals surface area contributed by atoms with Crippen molar-refractivity contribution in [1.29, 1.82) is 0 Å². The molecule has 2 N–H and O–H groups in total. The predicted octanol–water partition coefficient (Wildman–Crippen LogP) is 2.19. The largest absolute Gasteiger partial charge is 0.481 e. The van der Waals surface area contributed by atoms with E-state index in [-0.39, 0.29) is 18.2 Å². The highest BCUT2D eigenvalue weighted by molar-refractivity contribution is 5.80. The third kappa shape index (κ3) is 5.28. The van der Waals surface area contributed by atoms with E-state index in [9.17, 15) is 14.4 Å². The van der Waals surface area contributed by atoms with Crippen molar-refractivity contribution in [2.24, 2.45) is 0 Å². The van der Waals surface area contributed by atoms with Gasteiger partial charge in [0.05, 0.1) is 0 Å². The van der Waals surface area contributed by atoms with Crippen molar-refractivity contribution in [3.63, 3.8) is 0 Å². The summed E-state index contributed by atoms with van der Waals surface area (Å²) < 4.78 is 0. The lowest BCUT2D eigenvalue weighted by Gasteiger charge is -2.37. The minimum absolute atomic E-state index is 0.00395. The van der Waals surface area contributed by atoms with Gasteiger partial charge in [-0.3, -0.25) is 14.4 Å². The molecular weight excluding hydrogens is 370 g/mol. The second-order valence-corrected chi connectivity index (χ2v) is 8.07. The van der Waals surface area contributed by atoms with Gasteiger partial charge in [0.15, 0.2) is 0 Å². The molecule has 1 atom stereocenters. The Kier molecular flexibility index (Phi) is 6.77. The van der Waals surface area contributed by atoms with E-state index in [2.05, 4.69) is 41.4 Å². The maximum absolute atomic E-state index is 12.8. The molecule has 0 aromatic heterocycles. The Balaban J connectivity index is 1.52. The van der Waals surface area contributed by atoms with E-state index in [0.717, 1.165) is 19.5 Å². The molecule has 0 spiro atoms. The molecule has 1 aromatic carbocycles. The maximum atomic E-state index is 12.8. The number of carboxylic acids is 1. The molecule has 0 aliphatic carbocycles. The number of carboxylic acid groups (broad SMARTS) is 1. The van der Waals surface area contributed by atoms with Crippen LogP contribution in [0.2, 0.25) is 0 Å². The lowest BCUT2D eigenvalue weighted by Crippen LogP contribution is -2.50. The standard InChI is InChI=1S/C22H31N3O4/c1-2-17-5-3-4-6-18(17)24-13-15-25(16-14-24)20(27)8-11-22(12-9-21(28)29)10-7-19(26)23-22/h3-6H,2,7-16H2,1H3,(H,23,26)(H,28,29). The van der Waals surface area contributed by atoms with E-state index in [4.69, 9.17) is 5.11 Å². The molecule has 29 heavy (non-hydrogen) atoms. The number of para-hydroxylation sites is 1. The molecule has 2 heterocycles. The Morgan fingerprint density at radius 2 is 1.79 bits per heavy atom. The highest BCUT2D eigenvalue weighted by Gasteiger charge is 2.38. The summed E-state index contributed by atoms with van der Waals surface area (Å²) in [7, 11) is 0. The fourth-order valence-corrected chi connectivity index (χ4v) is 4.44. The van der Waals surface area contributed by atoms with Crippen molar-refractivity contribution in [1.82, 2.24) is 10.2 Å². The summed E-state index contributed by atoms with van der Waals surface area (Å²) in [6.07, 6.45) is 3.22. The molecule has 2 fully saturated rings. The van der Waals surface area contributed by atoms with Gasteiger partial charge in [-0.25, -0.2) is 0 Å². The Labute approximate surface area is 172 Å². The summed E-state index contributed by atoms with van der Waals surface area (Å²) in [5.74, 6) is -0.837. The van der Waals surface area contributed by atoms with Gasteiger partial charge in [0.1, 0.15) is 0 Å². The van der Waals surface area contributed by atoms with E-state index in [1.807, 2.05) is 4.90 Å². The number of aryl methyl sites for hydroxylation is 1. The molecule has 0 bridgehead atoms. The Bertz CT molecular complexity index is 758. The first kappa shape index (κ1) is 21.1. The van der Waals surface area contributed by atoms with Gasteiger partial charge in [-0.05, 0) is 37.3 Å². The summed E-state index contributed by atoms with van der Waals surface area (Å²) in [5, 5.41) is 11.9. The summed E-state index contributed by atoms with van der Waals surface area (Å²) in [5.41, 5.74) is 2.03. The van der Waals surface area contributed by atoms with Gasteiger partial charge in [0, 0.05) is 56.7 Å². The molecule has 1 unspecified atom stereocenters. The van der Waals surface area contributed by atoms with Crippen LogP contribution >= 0.6 is 0 Å². The number of nitrogens with zero attached hydrogens (tertiary/aromatic N) is 2. The SMILES string of the molecule is CCc1ccccc1N1CCN(C(=O)CCC2(CCC(=O)O)CCC(=O)N2)CC1. The summed E-state index contributed by atoms with van der Waals surface area (Å²) in [6.45, 7) is 5.14. The van der Waals surface area contributed by atoms with Gasteiger partial charge in [-0.1, -0.05) is 25.1 Å². The number of piperazine rings is 1. The number of benzene rings is 1. The first-order valence-electron chi connectivity index (χ1n) is 10.6. The van der Waals surface area contributed by atoms with Gasteiger partial charge in [0.25, 0.3) is 0 Å². The molecule has 2 aliphatic heterocycles. The van der Waals surface area contributed by atoms with Crippen LogP contribution in [0.4, 0.5) is 5.69 Å². The number of hydrogen-bond acceptors (Lipinski definition) is 4. The van der Waals surface area contributed by atoms with Crippen LogP contribution in [-0.2, 0) is 20.8 Å². The fraction of sp³-hybridized carbons (Fsp3) is 0.591. The van der Waals surface area contributed by atoms with E-state index in [0.29, 0.717) is 45.2 Å². The number of anilines is 1. The highest BCUT2D eigenvalue weighted by Crippen LogP contribution is 2.31. The molecule has 7 nitrogen and oxygen atoms in total. The predicted molar refractivity (Wildman–Crippen MR) is 111 cm³/mol. The minimum atomic E-state index is -0.875. The van der Waals surface area contributed by atoms with Crippen LogP contribution in [0.25, 0.3) is 0 Å². The van der Waals surface area contributed by atoms with E-state index < -0.39 is 11.5 Å². The third-order valence-corrected chi connectivity index (χ3v) is 6.22. The lowest BCUT2D eigenvalue weighted by atomic mass is 9.86. The quantitative estimate of drug-likeness (QED) is 0.697. The average molecular weight is 402 g/mol. The Morgan fingerprint density at radius 3 is 2.41 bits per heavy atom. The first-order valence-corrected chi connectivity index (χ1v) is 10.6. The van der Waals surface area contributed by atoms with E-state index in [1.165, 1.54) is 11.3 Å². The number of carbonyl (C=O) groups is 3. The number of nitrogens with one attached hydrogen (secondary N) is 1. The van der Waals surface area contributed by atoms with Crippen molar-refractivity contribution in [3.05, 3.63) is 29.8 Å². The lowest BCUT2D eigenvalue weighted by molar-refractivity contribution is -0.137. The van der Waals surface area contributed by atoms with Crippen LogP contribution in [0.1, 0.15) is 51.0 Å². The molecule has 1 aromatic rings. The van der Waals surface area contributed by atoms with Crippen molar-refractivity contribution in [2.45, 2.75) is 57.4 Å². The number of amides is 2. The zero-order valence-electron chi connectivity index (χ0n) is 17.2. The zero-order valence-corrected chi connectivity index (χ0v) is 17.2. The molecule has 2 aliphatic rings. The molecule has 0 radical (unpaired) electrons. The van der Waals surface area contributed by atoms with Crippen molar-refractivity contribution >= 4 is 23.5 Å². The van der Waals surface area contributed by atoms with Crippen molar-refractivity contribution in [3.8, 4) is 0 Å². The third-order valence-electron chi connectivity index (χ3n) is 6.22. The molecule has 158 valence electrons. The van der Waals surface area contributed by atoms with E-state index >= 15 is 0 Å². The van der Waals surface area contributed by atoms with Crippen LogP contribution in [0.5, 0.6) is 0 Å². The molecular formula is C22H31N3O4. The summed E-state index contributed by atoms with van der Waals surface area (Å²) in [6, 6.07) is 8.41. The fourth-order valence-electron chi connectivity index (χ4n) is 4.44.